The van der Waals surface area contributed by atoms with Crippen LogP contribution in [0.5, 0.6) is 0 Å². The smallest absolute Gasteiger partial charge is 0.314 e. The zero-order valence-corrected chi connectivity index (χ0v) is 10.9. The second kappa shape index (κ2) is 5.72. The molecule has 0 saturated carbocycles. The molecule has 2 unspecified atom stereocenters. The Labute approximate surface area is 114 Å². The summed E-state index contributed by atoms with van der Waals surface area (Å²) >= 11 is 0. The fraction of sp³-hybridized carbons (Fsp3) is 0.545. The van der Waals surface area contributed by atoms with E-state index in [0.29, 0.717) is 25.0 Å². The molecule has 2 rings (SSSR count). The van der Waals surface area contributed by atoms with Crippen molar-refractivity contribution in [3.8, 4) is 0 Å². The Bertz CT molecular complexity index is 601. The Morgan fingerprint density at radius 3 is 3.10 bits per heavy atom. The minimum atomic E-state index is -0.744. The molecule has 1 aromatic heterocycles. The first-order valence-corrected chi connectivity index (χ1v) is 6.12. The van der Waals surface area contributed by atoms with Crippen molar-refractivity contribution >= 4 is 11.3 Å². The van der Waals surface area contributed by atoms with Crippen molar-refractivity contribution in [3.05, 3.63) is 38.5 Å². The van der Waals surface area contributed by atoms with Crippen LogP contribution in [0.2, 0.25) is 0 Å². The van der Waals surface area contributed by atoms with Crippen LogP contribution < -0.4 is 0 Å². The predicted octanol–water partition coefficient (Wildman–Crippen LogP) is 1.94. The van der Waals surface area contributed by atoms with E-state index >= 15 is 0 Å². The first kappa shape index (κ1) is 14.0. The average Bonchev–Trinajstić information content (AvgIpc) is 2.70. The van der Waals surface area contributed by atoms with Gasteiger partial charge in [-0.2, -0.15) is 5.10 Å². The van der Waals surface area contributed by atoms with Crippen molar-refractivity contribution in [2.45, 2.75) is 31.4 Å². The molecule has 0 amide bonds. The van der Waals surface area contributed by atoms with Gasteiger partial charge in [0.05, 0.1) is 17.1 Å². The third kappa shape index (κ3) is 2.63. The largest absolute Gasteiger partial charge is 0.393 e. The highest BCUT2D eigenvalue weighted by molar-refractivity contribution is 5.70. The number of nitrogens with zero attached hydrogens (tertiary/aromatic N) is 6. The molecule has 20 heavy (non-hydrogen) atoms. The molecule has 1 heterocycles. The molecule has 1 aliphatic carbocycles. The van der Waals surface area contributed by atoms with E-state index in [1.54, 1.807) is 13.1 Å². The highest BCUT2D eigenvalue weighted by atomic mass is 16.6. The van der Waals surface area contributed by atoms with Crippen molar-refractivity contribution in [1.82, 2.24) is 9.78 Å². The summed E-state index contributed by atoms with van der Waals surface area (Å²) in [6.07, 6.45) is 3.45. The summed E-state index contributed by atoms with van der Waals surface area (Å²) in [5.74, 6) is 0. The van der Waals surface area contributed by atoms with E-state index in [4.69, 9.17) is 5.53 Å². The maximum atomic E-state index is 11.0. The quantitative estimate of drug-likeness (QED) is 0.297. The van der Waals surface area contributed by atoms with Gasteiger partial charge in [-0.1, -0.05) is 11.2 Å². The monoisotopic (exact) mass is 278 g/mol. The minimum absolute atomic E-state index is 0.0597. The van der Waals surface area contributed by atoms with Gasteiger partial charge in [-0.05, 0) is 30.4 Å². The van der Waals surface area contributed by atoms with Crippen molar-refractivity contribution in [3.63, 3.8) is 0 Å². The van der Waals surface area contributed by atoms with Gasteiger partial charge in [0, 0.05) is 12.0 Å². The van der Waals surface area contributed by atoms with E-state index in [0.717, 1.165) is 5.57 Å². The summed E-state index contributed by atoms with van der Waals surface area (Å²) in [4.78, 5) is 13.2. The summed E-state index contributed by atoms with van der Waals surface area (Å²) in [6.45, 7) is 0. The van der Waals surface area contributed by atoms with Gasteiger partial charge in [-0.25, -0.2) is 0 Å². The molecule has 106 valence electrons. The Morgan fingerprint density at radius 2 is 2.45 bits per heavy atom. The maximum absolute atomic E-state index is 11.0. The van der Waals surface area contributed by atoms with Gasteiger partial charge >= 0.3 is 5.69 Å². The van der Waals surface area contributed by atoms with Crippen LogP contribution in [0.4, 0.5) is 5.69 Å². The molecular weight excluding hydrogens is 264 g/mol. The lowest BCUT2D eigenvalue weighted by molar-refractivity contribution is -0.385. The Hall–Kier alpha value is -2.38. The summed E-state index contributed by atoms with van der Waals surface area (Å²) in [6, 6.07) is -0.537. The lowest BCUT2D eigenvalue weighted by atomic mass is 10.0. The number of rotatable bonds is 3. The van der Waals surface area contributed by atoms with Crippen LogP contribution in [0.1, 0.15) is 25.0 Å². The van der Waals surface area contributed by atoms with Crippen LogP contribution in [-0.2, 0) is 7.05 Å². The average molecular weight is 278 g/mol. The number of aromatic nitrogens is 2. The minimum Gasteiger partial charge on any atom is -0.393 e. The van der Waals surface area contributed by atoms with Crippen LogP contribution in [0.15, 0.2) is 17.4 Å². The SMILES string of the molecule is Cn1ncc([N+](=O)[O-])c1C1=CCC(N=[N+]=[N-])C(O)CC1. The molecule has 0 aromatic carbocycles. The molecule has 1 aromatic rings. The standard InChI is InChI=1S/C11H14N6O3/c1-16-11(9(6-13-16)17(19)20)7-2-4-8(14-15-12)10(18)5-3-7/h2,6,8,10,18H,3-5H2,1H3. The van der Waals surface area contributed by atoms with E-state index in [9.17, 15) is 15.2 Å². The molecule has 0 aliphatic heterocycles. The Morgan fingerprint density at radius 1 is 1.70 bits per heavy atom. The molecule has 0 saturated heterocycles. The van der Waals surface area contributed by atoms with Gasteiger partial charge < -0.3 is 5.11 Å². The first-order valence-electron chi connectivity index (χ1n) is 6.12. The number of allylic oxidation sites excluding steroid dienone is 1. The molecule has 0 spiro atoms. The fourth-order valence-electron chi connectivity index (χ4n) is 2.36. The van der Waals surface area contributed by atoms with Crippen molar-refractivity contribution in [1.29, 1.82) is 0 Å². The molecule has 1 N–H and O–H groups in total. The zero-order valence-electron chi connectivity index (χ0n) is 10.9. The van der Waals surface area contributed by atoms with E-state index in [1.807, 2.05) is 0 Å². The third-order valence-electron chi connectivity index (χ3n) is 3.38. The summed E-state index contributed by atoms with van der Waals surface area (Å²) in [5, 5.41) is 28.4. The molecular formula is C11H14N6O3. The van der Waals surface area contributed by atoms with Gasteiger partial charge in [-0.3, -0.25) is 14.8 Å². The van der Waals surface area contributed by atoms with Gasteiger partial charge in [0.2, 0.25) is 0 Å². The molecule has 9 nitrogen and oxygen atoms in total. The predicted molar refractivity (Wildman–Crippen MR) is 70.6 cm³/mol. The molecule has 9 heteroatoms. The van der Waals surface area contributed by atoms with Crippen LogP contribution in [0.25, 0.3) is 16.0 Å². The third-order valence-corrected chi connectivity index (χ3v) is 3.38. The zero-order chi connectivity index (χ0) is 14.7. The number of hydrogen-bond donors (Lipinski definition) is 1. The van der Waals surface area contributed by atoms with Crippen molar-refractivity contribution in [2.24, 2.45) is 12.2 Å². The fourth-order valence-corrected chi connectivity index (χ4v) is 2.36. The van der Waals surface area contributed by atoms with E-state index in [2.05, 4.69) is 15.1 Å². The second-order valence-electron chi connectivity index (χ2n) is 4.60. The van der Waals surface area contributed by atoms with Gasteiger partial charge in [-0.15, -0.1) is 0 Å². The molecule has 2 atom stereocenters. The van der Waals surface area contributed by atoms with Crippen molar-refractivity contribution < 1.29 is 10.0 Å². The molecule has 0 bridgehead atoms. The molecule has 1 aliphatic rings. The number of hydrogen-bond acceptors (Lipinski definition) is 5. The lowest BCUT2D eigenvalue weighted by Gasteiger charge is -2.13. The highest BCUT2D eigenvalue weighted by Crippen LogP contribution is 2.32. The van der Waals surface area contributed by atoms with Crippen LogP contribution >= 0.6 is 0 Å². The van der Waals surface area contributed by atoms with Crippen LogP contribution in [-0.4, -0.2) is 32.0 Å². The van der Waals surface area contributed by atoms with Crippen LogP contribution in [0, 0.1) is 10.1 Å². The van der Waals surface area contributed by atoms with Gasteiger partial charge in [0.15, 0.2) is 0 Å². The van der Waals surface area contributed by atoms with E-state index in [-0.39, 0.29) is 5.69 Å². The van der Waals surface area contributed by atoms with Crippen molar-refractivity contribution in [2.75, 3.05) is 0 Å². The summed E-state index contributed by atoms with van der Waals surface area (Å²) < 4.78 is 1.45. The van der Waals surface area contributed by atoms with Gasteiger partial charge in [0.1, 0.15) is 11.9 Å². The highest BCUT2D eigenvalue weighted by Gasteiger charge is 2.26. The van der Waals surface area contributed by atoms with E-state index < -0.39 is 17.1 Å². The summed E-state index contributed by atoms with van der Waals surface area (Å²) in [7, 11) is 1.63. The Kier molecular flexibility index (Phi) is 4.02. The number of aliphatic hydroxyl groups is 1. The van der Waals surface area contributed by atoms with E-state index in [1.165, 1.54) is 10.9 Å². The number of aliphatic hydroxyl groups excluding tert-OH is 1. The van der Waals surface area contributed by atoms with Gasteiger partial charge in [0.25, 0.3) is 0 Å². The second-order valence-corrected chi connectivity index (χ2v) is 4.60. The Balaban J connectivity index is 2.36. The topological polar surface area (TPSA) is 130 Å². The number of aryl methyl sites for hydroxylation is 1. The normalized spacial score (nSPS) is 22.6. The number of azide groups is 1. The lowest BCUT2D eigenvalue weighted by Crippen LogP contribution is -2.21. The summed E-state index contributed by atoms with van der Waals surface area (Å²) in [5.41, 5.74) is 9.58. The van der Waals surface area contributed by atoms with Crippen LogP contribution in [0.3, 0.4) is 0 Å². The number of nitro groups is 1. The molecule has 0 radical (unpaired) electrons. The maximum Gasteiger partial charge on any atom is 0.314 e. The first-order chi connectivity index (χ1) is 9.54. The molecule has 0 fully saturated rings.